The van der Waals surface area contributed by atoms with Crippen molar-refractivity contribution in [3.05, 3.63) is 78.0 Å². The molecule has 150 valence electrons. The molecule has 0 saturated carbocycles. The number of nitrogens with zero attached hydrogens (tertiary/aromatic N) is 1. The SMILES string of the molecule is CC(C)[C@@]12c3[nH]c4ccccc4c3CCN1C(=O)[C@H]2Oc1ccc2ccccc2c1. The molecule has 6 rings (SSSR count). The van der Waals surface area contributed by atoms with E-state index in [4.69, 9.17) is 4.74 Å². The van der Waals surface area contributed by atoms with Crippen LogP contribution in [0.1, 0.15) is 25.1 Å². The Balaban J connectivity index is 1.48. The Morgan fingerprint density at radius 1 is 1.03 bits per heavy atom. The van der Waals surface area contributed by atoms with E-state index >= 15 is 0 Å². The zero-order valence-electron chi connectivity index (χ0n) is 17.2. The van der Waals surface area contributed by atoms with Gasteiger partial charge in [0, 0.05) is 17.4 Å². The minimum atomic E-state index is -0.522. The molecule has 1 N–H and O–H groups in total. The Morgan fingerprint density at radius 3 is 2.63 bits per heavy atom. The summed E-state index contributed by atoms with van der Waals surface area (Å²) in [5.74, 6) is 1.05. The van der Waals surface area contributed by atoms with Crippen LogP contribution in [0.3, 0.4) is 0 Å². The van der Waals surface area contributed by atoms with Gasteiger partial charge >= 0.3 is 0 Å². The summed E-state index contributed by atoms with van der Waals surface area (Å²) in [6, 6.07) is 22.7. The van der Waals surface area contributed by atoms with Crippen LogP contribution in [0.5, 0.6) is 5.75 Å². The number of nitrogens with one attached hydrogen (secondary N) is 1. The average molecular weight is 396 g/mol. The van der Waals surface area contributed by atoms with E-state index in [-0.39, 0.29) is 11.8 Å². The van der Waals surface area contributed by atoms with Crippen LogP contribution >= 0.6 is 0 Å². The summed E-state index contributed by atoms with van der Waals surface area (Å²) >= 11 is 0. The summed E-state index contributed by atoms with van der Waals surface area (Å²) < 4.78 is 6.45. The quantitative estimate of drug-likeness (QED) is 0.494. The Labute approximate surface area is 175 Å². The van der Waals surface area contributed by atoms with Crippen LogP contribution in [-0.4, -0.2) is 28.4 Å². The Hall–Kier alpha value is -3.27. The van der Waals surface area contributed by atoms with E-state index in [9.17, 15) is 4.79 Å². The van der Waals surface area contributed by atoms with Crippen molar-refractivity contribution >= 4 is 27.6 Å². The van der Waals surface area contributed by atoms with Crippen molar-refractivity contribution in [1.29, 1.82) is 0 Å². The Bertz CT molecular complexity index is 1300. The first kappa shape index (κ1) is 17.6. The molecule has 1 aromatic heterocycles. The third-order valence-corrected chi connectivity index (χ3v) is 6.99. The first-order chi connectivity index (χ1) is 14.6. The second-order valence-corrected chi connectivity index (χ2v) is 8.75. The van der Waals surface area contributed by atoms with Crippen molar-refractivity contribution in [1.82, 2.24) is 9.88 Å². The number of carbonyl (C=O) groups excluding carboxylic acids is 1. The summed E-state index contributed by atoms with van der Waals surface area (Å²) in [6.45, 7) is 5.12. The summed E-state index contributed by atoms with van der Waals surface area (Å²) in [6.07, 6.45) is 0.355. The van der Waals surface area contributed by atoms with Crippen LogP contribution in [0, 0.1) is 5.92 Å². The van der Waals surface area contributed by atoms with Gasteiger partial charge in [-0.2, -0.15) is 0 Å². The molecule has 2 aliphatic heterocycles. The van der Waals surface area contributed by atoms with Crippen LogP contribution in [0.2, 0.25) is 0 Å². The van der Waals surface area contributed by atoms with Crippen molar-refractivity contribution in [3.63, 3.8) is 0 Å². The number of ether oxygens (including phenoxy) is 1. The van der Waals surface area contributed by atoms with Gasteiger partial charge in [0.15, 0.2) is 0 Å². The number of aromatic nitrogens is 1. The lowest BCUT2D eigenvalue weighted by atomic mass is 9.66. The van der Waals surface area contributed by atoms with Gasteiger partial charge in [-0.05, 0) is 46.9 Å². The van der Waals surface area contributed by atoms with Gasteiger partial charge in [-0.15, -0.1) is 0 Å². The zero-order valence-corrected chi connectivity index (χ0v) is 17.2. The van der Waals surface area contributed by atoms with Crippen molar-refractivity contribution in [2.45, 2.75) is 31.9 Å². The van der Waals surface area contributed by atoms with Crippen molar-refractivity contribution in [3.8, 4) is 5.75 Å². The van der Waals surface area contributed by atoms with E-state index in [1.807, 2.05) is 29.2 Å². The van der Waals surface area contributed by atoms with Gasteiger partial charge < -0.3 is 14.6 Å². The van der Waals surface area contributed by atoms with Gasteiger partial charge in [0.05, 0.1) is 5.69 Å². The van der Waals surface area contributed by atoms with Crippen molar-refractivity contribution in [2.75, 3.05) is 6.54 Å². The number of H-pyrrole nitrogens is 1. The topological polar surface area (TPSA) is 45.3 Å². The van der Waals surface area contributed by atoms with Crippen LogP contribution in [0.15, 0.2) is 66.7 Å². The fourth-order valence-corrected chi connectivity index (χ4v) is 5.59. The van der Waals surface area contributed by atoms with Gasteiger partial charge in [-0.1, -0.05) is 62.4 Å². The van der Waals surface area contributed by atoms with Crippen LogP contribution in [0.25, 0.3) is 21.7 Å². The number of β-lactam (4-membered cyclic amide) rings is 1. The molecule has 0 aliphatic carbocycles. The molecule has 2 atom stereocenters. The number of carbonyl (C=O) groups is 1. The summed E-state index contributed by atoms with van der Waals surface area (Å²) in [7, 11) is 0. The maximum Gasteiger partial charge on any atom is 0.267 e. The smallest absolute Gasteiger partial charge is 0.267 e. The maximum absolute atomic E-state index is 13.2. The molecule has 0 bridgehead atoms. The lowest BCUT2D eigenvalue weighted by Crippen LogP contribution is -2.77. The van der Waals surface area contributed by atoms with Gasteiger partial charge in [0.1, 0.15) is 11.3 Å². The maximum atomic E-state index is 13.2. The molecule has 1 fully saturated rings. The summed E-state index contributed by atoms with van der Waals surface area (Å²) in [5, 5.41) is 3.55. The molecule has 4 nitrogen and oxygen atoms in total. The van der Waals surface area contributed by atoms with Crippen molar-refractivity contribution < 1.29 is 9.53 Å². The molecule has 2 aliphatic rings. The summed E-state index contributed by atoms with van der Waals surface area (Å²) in [5.41, 5.74) is 3.15. The minimum absolute atomic E-state index is 0.0844. The average Bonchev–Trinajstić information content (AvgIpc) is 3.14. The van der Waals surface area contributed by atoms with Gasteiger partial charge in [-0.25, -0.2) is 0 Å². The standard InChI is InChI=1S/C26H24N2O2/c1-16(2)26-23-21(20-9-5-6-10-22(20)27-23)13-14-28(26)25(29)24(26)30-19-12-11-17-7-3-4-8-18(17)15-19/h3-12,15-16,24,27H,13-14H2,1-2H3/t24-,26+/m1/s1. The van der Waals surface area contributed by atoms with E-state index in [0.717, 1.165) is 35.3 Å². The number of para-hydroxylation sites is 1. The molecule has 0 unspecified atom stereocenters. The van der Waals surface area contributed by atoms with E-state index in [1.54, 1.807) is 0 Å². The largest absolute Gasteiger partial charge is 0.478 e. The number of rotatable bonds is 3. The predicted octanol–water partition coefficient (Wildman–Crippen LogP) is 5.02. The van der Waals surface area contributed by atoms with E-state index in [2.05, 4.69) is 61.3 Å². The van der Waals surface area contributed by atoms with Crippen molar-refractivity contribution in [2.24, 2.45) is 5.92 Å². The molecule has 4 heteroatoms. The summed E-state index contributed by atoms with van der Waals surface area (Å²) in [4.78, 5) is 18.9. The normalized spacial score (nSPS) is 22.8. The molecule has 0 radical (unpaired) electrons. The second kappa shape index (κ2) is 6.11. The second-order valence-electron chi connectivity index (χ2n) is 8.75. The third-order valence-electron chi connectivity index (χ3n) is 6.99. The molecule has 0 spiro atoms. The monoisotopic (exact) mass is 396 g/mol. The first-order valence-corrected chi connectivity index (χ1v) is 10.7. The Kier molecular flexibility index (Phi) is 3.58. The van der Waals surface area contributed by atoms with Gasteiger partial charge in [0.2, 0.25) is 6.10 Å². The Morgan fingerprint density at radius 2 is 1.80 bits per heavy atom. The minimum Gasteiger partial charge on any atom is -0.478 e. The highest BCUT2D eigenvalue weighted by Gasteiger charge is 2.67. The highest BCUT2D eigenvalue weighted by atomic mass is 16.5. The molecule has 3 heterocycles. The number of fused-ring (bicyclic) bond motifs is 6. The fraction of sp³-hybridized carbons (Fsp3) is 0.269. The lowest BCUT2D eigenvalue weighted by molar-refractivity contribution is -0.194. The highest BCUT2D eigenvalue weighted by Crippen LogP contribution is 2.53. The fourth-order valence-electron chi connectivity index (χ4n) is 5.59. The molecule has 1 saturated heterocycles. The highest BCUT2D eigenvalue weighted by molar-refractivity contribution is 5.95. The molecule has 1 amide bonds. The molecule has 30 heavy (non-hydrogen) atoms. The number of hydrogen-bond donors (Lipinski definition) is 1. The zero-order chi connectivity index (χ0) is 20.5. The third kappa shape index (κ3) is 2.14. The van der Waals surface area contributed by atoms with Crippen LogP contribution in [-0.2, 0) is 16.8 Å². The number of hydrogen-bond acceptors (Lipinski definition) is 2. The number of amides is 1. The van der Waals surface area contributed by atoms with Gasteiger partial charge in [0.25, 0.3) is 5.91 Å². The van der Waals surface area contributed by atoms with E-state index < -0.39 is 11.6 Å². The molecule has 4 aromatic rings. The molecular weight excluding hydrogens is 372 g/mol. The van der Waals surface area contributed by atoms with Crippen LogP contribution in [0.4, 0.5) is 0 Å². The van der Waals surface area contributed by atoms with E-state index in [0.29, 0.717) is 0 Å². The molecular formula is C26H24N2O2. The van der Waals surface area contributed by atoms with Gasteiger partial charge in [-0.3, -0.25) is 4.79 Å². The lowest BCUT2D eigenvalue weighted by Gasteiger charge is -2.60. The number of aromatic amines is 1. The van der Waals surface area contributed by atoms with Crippen LogP contribution < -0.4 is 4.74 Å². The first-order valence-electron chi connectivity index (χ1n) is 10.7. The predicted molar refractivity (Wildman–Crippen MR) is 119 cm³/mol. The van der Waals surface area contributed by atoms with E-state index in [1.165, 1.54) is 16.3 Å². The number of benzene rings is 3. The molecule has 3 aromatic carbocycles.